The number of thiazole rings is 1. The molecule has 2 N–H and O–H groups in total. The lowest BCUT2D eigenvalue weighted by molar-refractivity contribution is -0.274. The van der Waals surface area contributed by atoms with Gasteiger partial charge in [-0.15, -0.1) is 24.5 Å². The largest absolute Gasteiger partial charge is 0.573 e. The highest BCUT2D eigenvalue weighted by Gasteiger charge is 2.33. The molecule has 1 aliphatic carbocycles. The third-order valence-electron chi connectivity index (χ3n) is 4.92. The molecule has 0 spiro atoms. The summed E-state index contributed by atoms with van der Waals surface area (Å²) in [6.45, 7) is 1.93. The van der Waals surface area contributed by atoms with Gasteiger partial charge >= 0.3 is 6.36 Å². The molecule has 32 heavy (non-hydrogen) atoms. The van der Waals surface area contributed by atoms with Crippen molar-refractivity contribution in [3.8, 4) is 5.75 Å². The van der Waals surface area contributed by atoms with Gasteiger partial charge < -0.3 is 10.1 Å². The summed E-state index contributed by atoms with van der Waals surface area (Å²) in [6, 6.07) is 12.1. The first-order valence-corrected chi connectivity index (χ1v) is 10.5. The minimum Gasteiger partial charge on any atom is -0.406 e. The fourth-order valence-corrected chi connectivity index (χ4v) is 4.41. The summed E-state index contributed by atoms with van der Waals surface area (Å²) < 4.78 is 40.6. The number of nitrogens with zero attached hydrogens (tertiary/aromatic N) is 1. The summed E-state index contributed by atoms with van der Waals surface area (Å²) in [6.07, 6.45) is -3.55. The van der Waals surface area contributed by atoms with Crippen molar-refractivity contribution in [2.75, 3.05) is 10.6 Å². The molecule has 0 fully saturated rings. The molecule has 6 nitrogen and oxygen atoms in total. The molecule has 3 aromatic rings. The third kappa shape index (κ3) is 5.08. The molecule has 166 valence electrons. The number of nitrogens with one attached hydrogen (secondary N) is 2. The maximum absolute atomic E-state index is 12.7. The monoisotopic (exact) mass is 461 g/mol. The lowest BCUT2D eigenvalue weighted by Gasteiger charge is -2.12. The molecule has 0 saturated carbocycles. The quantitative estimate of drug-likeness (QED) is 0.543. The molecule has 1 heterocycles. The lowest BCUT2D eigenvalue weighted by Crippen LogP contribution is -2.20. The fraction of sp³-hybridized carbons (Fsp3) is 0.227. The summed E-state index contributed by atoms with van der Waals surface area (Å²) in [5, 5.41) is 5.89. The molecule has 0 radical (unpaired) electrons. The molecular formula is C22H18F3N3O3S. The van der Waals surface area contributed by atoms with E-state index in [9.17, 15) is 22.8 Å². The number of amides is 2. The summed E-state index contributed by atoms with van der Waals surface area (Å²) >= 11 is 1.34. The molecule has 2 aromatic carbocycles. The van der Waals surface area contributed by atoms with E-state index in [1.165, 1.54) is 23.5 Å². The standard InChI is InChI=1S/C22H18F3N3O3S/c1-12-2-4-13(5-3-12)19(29)28-21-27-18-16(10-11-17(18)32-21)20(30)26-14-6-8-15(9-7-14)31-22(23,24)25/h2-9,16H,10-11H2,1H3,(H,26,30)(H,27,28,29). The van der Waals surface area contributed by atoms with Crippen LogP contribution < -0.4 is 15.4 Å². The molecule has 10 heteroatoms. The van der Waals surface area contributed by atoms with Crippen LogP contribution in [0, 0.1) is 6.92 Å². The average Bonchev–Trinajstić information content (AvgIpc) is 3.29. The Kier molecular flexibility index (Phi) is 5.88. The Bertz CT molecular complexity index is 1140. The Labute approximate surface area is 185 Å². The van der Waals surface area contributed by atoms with Gasteiger partial charge in [0.25, 0.3) is 5.91 Å². The zero-order valence-electron chi connectivity index (χ0n) is 16.8. The van der Waals surface area contributed by atoms with Gasteiger partial charge in [0, 0.05) is 16.1 Å². The normalized spacial score (nSPS) is 15.2. The number of rotatable bonds is 5. The molecule has 0 aliphatic heterocycles. The van der Waals surface area contributed by atoms with Crippen LogP contribution in [0.2, 0.25) is 0 Å². The maximum Gasteiger partial charge on any atom is 0.573 e. The Morgan fingerprint density at radius 2 is 1.75 bits per heavy atom. The number of fused-ring (bicyclic) bond motifs is 1. The minimum absolute atomic E-state index is 0.278. The first kappa shape index (κ1) is 21.8. The summed E-state index contributed by atoms with van der Waals surface area (Å²) in [5.74, 6) is -1.46. The number of aryl methyl sites for hydroxylation is 2. The summed E-state index contributed by atoms with van der Waals surface area (Å²) in [7, 11) is 0. The number of anilines is 2. The van der Waals surface area contributed by atoms with E-state index in [-0.39, 0.29) is 17.6 Å². The number of benzene rings is 2. The second-order valence-electron chi connectivity index (χ2n) is 7.30. The van der Waals surface area contributed by atoms with Crippen molar-refractivity contribution in [2.24, 2.45) is 0 Å². The van der Waals surface area contributed by atoms with E-state index in [0.717, 1.165) is 22.6 Å². The molecule has 1 atom stereocenters. The molecule has 1 unspecified atom stereocenters. The number of alkyl halides is 3. The van der Waals surface area contributed by atoms with Gasteiger partial charge in [-0.05, 0) is 56.2 Å². The van der Waals surface area contributed by atoms with Crippen molar-refractivity contribution in [3.05, 3.63) is 70.2 Å². The van der Waals surface area contributed by atoms with Crippen LogP contribution in [0.3, 0.4) is 0 Å². The van der Waals surface area contributed by atoms with Gasteiger partial charge in [0.1, 0.15) is 5.75 Å². The van der Waals surface area contributed by atoms with Crippen molar-refractivity contribution in [3.63, 3.8) is 0 Å². The van der Waals surface area contributed by atoms with Crippen molar-refractivity contribution in [1.29, 1.82) is 0 Å². The molecule has 0 bridgehead atoms. The van der Waals surface area contributed by atoms with E-state index in [4.69, 9.17) is 0 Å². The van der Waals surface area contributed by atoms with E-state index in [0.29, 0.717) is 34.9 Å². The molecular weight excluding hydrogens is 443 g/mol. The maximum atomic E-state index is 12.7. The SMILES string of the molecule is Cc1ccc(C(=O)Nc2nc3c(s2)CCC3C(=O)Nc2ccc(OC(F)(F)F)cc2)cc1. The number of carbonyl (C=O) groups excluding carboxylic acids is 2. The van der Waals surface area contributed by atoms with E-state index in [1.807, 2.05) is 19.1 Å². The number of ether oxygens (including phenoxy) is 1. The first-order valence-electron chi connectivity index (χ1n) is 9.72. The second kappa shape index (κ2) is 8.62. The van der Waals surface area contributed by atoms with Crippen LogP contribution in [0.15, 0.2) is 48.5 Å². The van der Waals surface area contributed by atoms with Crippen LogP contribution in [0.5, 0.6) is 5.75 Å². The molecule has 4 rings (SSSR count). The van der Waals surface area contributed by atoms with Gasteiger partial charge in [-0.3, -0.25) is 14.9 Å². The predicted molar refractivity (Wildman–Crippen MR) is 114 cm³/mol. The zero-order chi connectivity index (χ0) is 22.9. The Morgan fingerprint density at radius 3 is 2.41 bits per heavy atom. The second-order valence-corrected chi connectivity index (χ2v) is 8.38. The molecule has 0 saturated heterocycles. The minimum atomic E-state index is -4.78. The Morgan fingerprint density at radius 1 is 1.06 bits per heavy atom. The topological polar surface area (TPSA) is 80.3 Å². The third-order valence-corrected chi connectivity index (χ3v) is 5.97. The van der Waals surface area contributed by atoms with Crippen LogP contribution in [0.1, 0.15) is 38.8 Å². The summed E-state index contributed by atoms with van der Waals surface area (Å²) in [4.78, 5) is 30.5. The van der Waals surface area contributed by atoms with Gasteiger partial charge in [0.05, 0.1) is 11.6 Å². The average molecular weight is 461 g/mol. The van der Waals surface area contributed by atoms with Crippen molar-refractivity contribution >= 4 is 34.0 Å². The number of carbonyl (C=O) groups is 2. The van der Waals surface area contributed by atoms with Gasteiger partial charge in [-0.25, -0.2) is 4.98 Å². The molecule has 2 amide bonds. The van der Waals surface area contributed by atoms with Crippen LogP contribution >= 0.6 is 11.3 Å². The highest BCUT2D eigenvalue weighted by Crippen LogP contribution is 2.39. The predicted octanol–water partition coefficient (Wildman–Crippen LogP) is 5.27. The van der Waals surface area contributed by atoms with Crippen LogP contribution in [-0.4, -0.2) is 23.2 Å². The van der Waals surface area contributed by atoms with E-state index in [2.05, 4.69) is 20.4 Å². The lowest BCUT2D eigenvalue weighted by atomic mass is 10.1. The van der Waals surface area contributed by atoms with Crippen LogP contribution in [0.4, 0.5) is 24.0 Å². The van der Waals surface area contributed by atoms with E-state index in [1.54, 1.807) is 12.1 Å². The fourth-order valence-electron chi connectivity index (χ4n) is 3.38. The number of hydrogen-bond acceptors (Lipinski definition) is 5. The van der Waals surface area contributed by atoms with Crippen LogP contribution in [0.25, 0.3) is 0 Å². The van der Waals surface area contributed by atoms with Gasteiger partial charge in [-0.1, -0.05) is 17.7 Å². The van der Waals surface area contributed by atoms with Gasteiger partial charge in [0.2, 0.25) is 5.91 Å². The van der Waals surface area contributed by atoms with Gasteiger partial charge in [-0.2, -0.15) is 0 Å². The first-order chi connectivity index (χ1) is 15.2. The molecule has 1 aliphatic rings. The van der Waals surface area contributed by atoms with Crippen LogP contribution in [-0.2, 0) is 11.2 Å². The number of hydrogen-bond donors (Lipinski definition) is 2. The van der Waals surface area contributed by atoms with Crippen molar-refractivity contribution < 1.29 is 27.5 Å². The Hall–Kier alpha value is -3.40. The van der Waals surface area contributed by atoms with Crippen molar-refractivity contribution in [1.82, 2.24) is 4.98 Å². The van der Waals surface area contributed by atoms with E-state index < -0.39 is 12.3 Å². The highest BCUT2D eigenvalue weighted by atomic mass is 32.1. The van der Waals surface area contributed by atoms with Crippen molar-refractivity contribution in [2.45, 2.75) is 32.0 Å². The highest BCUT2D eigenvalue weighted by molar-refractivity contribution is 7.16. The smallest absolute Gasteiger partial charge is 0.406 e. The van der Waals surface area contributed by atoms with Gasteiger partial charge in [0.15, 0.2) is 5.13 Å². The molecule has 1 aromatic heterocycles. The van der Waals surface area contributed by atoms with E-state index >= 15 is 0 Å². The summed E-state index contributed by atoms with van der Waals surface area (Å²) in [5.41, 5.74) is 2.52. The Balaban J connectivity index is 1.40. The number of halogens is 3. The number of aromatic nitrogens is 1. The zero-order valence-corrected chi connectivity index (χ0v) is 17.6.